The van der Waals surface area contributed by atoms with E-state index >= 15 is 0 Å². The maximum absolute atomic E-state index is 12.1. The molecule has 0 spiro atoms. The fourth-order valence-corrected chi connectivity index (χ4v) is 2.47. The Labute approximate surface area is 96.8 Å². The third-order valence-corrected chi connectivity index (χ3v) is 3.33. The fraction of sp³-hybridized carbons (Fsp3) is 0.615. The number of carbonyl (C=O) groups excluding carboxylic acids is 1. The predicted octanol–water partition coefficient (Wildman–Crippen LogP) is 2.16. The van der Waals surface area contributed by atoms with Crippen molar-refractivity contribution < 1.29 is 4.79 Å². The van der Waals surface area contributed by atoms with Crippen LogP contribution in [0.25, 0.3) is 0 Å². The van der Waals surface area contributed by atoms with Crippen LogP contribution in [0, 0.1) is 19.8 Å². The Balaban J connectivity index is 2.00. The summed E-state index contributed by atoms with van der Waals surface area (Å²) in [5, 5.41) is 0. The normalized spacial score (nSPS) is 21.6. The zero-order valence-electron chi connectivity index (χ0n) is 10.3. The smallest absolute Gasteiger partial charge is 0.178 e. The summed E-state index contributed by atoms with van der Waals surface area (Å²) in [4.78, 5) is 17.5. The average molecular weight is 220 g/mol. The Morgan fingerprint density at radius 3 is 2.81 bits per heavy atom. The minimum Gasteiger partial charge on any atom is -0.362 e. The standard InChI is InChI=1S/C13H20N2O/c1-9-4-5-15(7-9)8-13(16)12-6-10(2)14-11(12)3/h6,9,14H,4-5,7-8H2,1-3H3. The molecule has 1 N–H and O–H groups in total. The van der Waals surface area contributed by atoms with Crippen molar-refractivity contribution >= 4 is 5.78 Å². The van der Waals surface area contributed by atoms with Crippen LogP contribution in [0.4, 0.5) is 0 Å². The molecule has 1 fully saturated rings. The Morgan fingerprint density at radius 2 is 2.31 bits per heavy atom. The third-order valence-electron chi connectivity index (χ3n) is 3.33. The minimum absolute atomic E-state index is 0.246. The summed E-state index contributed by atoms with van der Waals surface area (Å²) in [6.07, 6.45) is 1.22. The van der Waals surface area contributed by atoms with E-state index in [2.05, 4.69) is 16.8 Å². The van der Waals surface area contributed by atoms with Crippen LogP contribution < -0.4 is 0 Å². The molecule has 0 aliphatic carbocycles. The van der Waals surface area contributed by atoms with Crippen LogP contribution in [-0.4, -0.2) is 35.3 Å². The van der Waals surface area contributed by atoms with E-state index in [-0.39, 0.29) is 5.78 Å². The number of hydrogen-bond acceptors (Lipinski definition) is 2. The number of H-pyrrole nitrogens is 1. The lowest BCUT2D eigenvalue weighted by Gasteiger charge is -2.13. The highest BCUT2D eigenvalue weighted by molar-refractivity contribution is 5.98. The van der Waals surface area contributed by atoms with Gasteiger partial charge in [-0.2, -0.15) is 0 Å². The summed E-state index contributed by atoms with van der Waals surface area (Å²) >= 11 is 0. The van der Waals surface area contributed by atoms with Crippen molar-refractivity contribution in [2.45, 2.75) is 27.2 Å². The first kappa shape index (κ1) is 11.4. The molecule has 0 saturated carbocycles. The molecule has 3 heteroatoms. The van der Waals surface area contributed by atoms with Crippen LogP contribution in [0.15, 0.2) is 6.07 Å². The minimum atomic E-state index is 0.246. The molecule has 1 saturated heterocycles. The molecule has 1 unspecified atom stereocenters. The van der Waals surface area contributed by atoms with E-state index in [1.165, 1.54) is 6.42 Å². The fourth-order valence-electron chi connectivity index (χ4n) is 2.47. The first-order valence-electron chi connectivity index (χ1n) is 5.98. The van der Waals surface area contributed by atoms with E-state index in [0.717, 1.165) is 36.0 Å². The van der Waals surface area contributed by atoms with E-state index in [4.69, 9.17) is 0 Å². The first-order chi connectivity index (χ1) is 7.56. The number of rotatable bonds is 3. The quantitative estimate of drug-likeness (QED) is 0.792. The average Bonchev–Trinajstić information content (AvgIpc) is 2.73. The predicted molar refractivity (Wildman–Crippen MR) is 64.8 cm³/mol. The van der Waals surface area contributed by atoms with Crippen molar-refractivity contribution in [1.82, 2.24) is 9.88 Å². The lowest BCUT2D eigenvalue weighted by Crippen LogP contribution is -2.27. The molecule has 1 aromatic heterocycles. The largest absolute Gasteiger partial charge is 0.362 e. The van der Waals surface area contributed by atoms with Gasteiger partial charge in [0.1, 0.15) is 0 Å². The number of aromatic amines is 1. The highest BCUT2D eigenvalue weighted by atomic mass is 16.1. The van der Waals surface area contributed by atoms with Crippen LogP contribution in [0.2, 0.25) is 0 Å². The maximum atomic E-state index is 12.1. The first-order valence-corrected chi connectivity index (χ1v) is 5.98. The summed E-state index contributed by atoms with van der Waals surface area (Å²) in [5.41, 5.74) is 2.92. The molecule has 0 radical (unpaired) electrons. The number of ketones is 1. The van der Waals surface area contributed by atoms with Gasteiger partial charge in [0.25, 0.3) is 0 Å². The molecular formula is C13H20N2O. The summed E-state index contributed by atoms with van der Waals surface area (Å²) in [6.45, 7) is 8.90. The molecule has 3 nitrogen and oxygen atoms in total. The highest BCUT2D eigenvalue weighted by Gasteiger charge is 2.22. The Bertz CT molecular complexity index is 395. The number of aryl methyl sites for hydroxylation is 2. The van der Waals surface area contributed by atoms with Gasteiger partial charge in [0.15, 0.2) is 5.78 Å². The van der Waals surface area contributed by atoms with Crippen LogP contribution in [0.1, 0.15) is 35.1 Å². The van der Waals surface area contributed by atoms with Gasteiger partial charge in [0.05, 0.1) is 6.54 Å². The van der Waals surface area contributed by atoms with Crippen molar-refractivity contribution in [3.63, 3.8) is 0 Å². The van der Waals surface area contributed by atoms with E-state index in [1.54, 1.807) is 0 Å². The van der Waals surface area contributed by atoms with Gasteiger partial charge >= 0.3 is 0 Å². The maximum Gasteiger partial charge on any atom is 0.178 e. The number of nitrogens with one attached hydrogen (secondary N) is 1. The molecule has 88 valence electrons. The van der Waals surface area contributed by atoms with Gasteiger partial charge in [-0.3, -0.25) is 9.69 Å². The number of nitrogens with zero attached hydrogens (tertiary/aromatic N) is 1. The lowest BCUT2D eigenvalue weighted by atomic mass is 10.1. The highest BCUT2D eigenvalue weighted by Crippen LogP contribution is 2.17. The van der Waals surface area contributed by atoms with Crippen molar-refractivity contribution in [3.8, 4) is 0 Å². The van der Waals surface area contributed by atoms with Crippen LogP contribution in [0.3, 0.4) is 0 Å². The van der Waals surface area contributed by atoms with Gasteiger partial charge < -0.3 is 4.98 Å². The van der Waals surface area contributed by atoms with Crippen molar-refractivity contribution in [3.05, 3.63) is 23.0 Å². The Hall–Kier alpha value is -1.09. The van der Waals surface area contributed by atoms with Crippen LogP contribution >= 0.6 is 0 Å². The molecule has 1 atom stereocenters. The van der Waals surface area contributed by atoms with Crippen LogP contribution in [0.5, 0.6) is 0 Å². The number of aromatic nitrogens is 1. The molecule has 0 aromatic carbocycles. The molecule has 2 rings (SSSR count). The van der Waals surface area contributed by atoms with E-state index in [0.29, 0.717) is 6.54 Å². The topological polar surface area (TPSA) is 36.1 Å². The zero-order valence-corrected chi connectivity index (χ0v) is 10.3. The number of likely N-dealkylation sites (tertiary alicyclic amines) is 1. The van der Waals surface area contributed by atoms with E-state index in [1.807, 2.05) is 19.9 Å². The van der Waals surface area contributed by atoms with E-state index in [9.17, 15) is 4.79 Å². The second-order valence-corrected chi connectivity index (χ2v) is 5.04. The van der Waals surface area contributed by atoms with Gasteiger partial charge in [0, 0.05) is 23.5 Å². The summed E-state index contributed by atoms with van der Waals surface area (Å²) in [5.74, 6) is 0.984. The molecule has 1 aromatic rings. The molecule has 1 aliphatic heterocycles. The molecule has 0 amide bonds. The van der Waals surface area contributed by atoms with Gasteiger partial charge in [-0.1, -0.05) is 6.92 Å². The number of carbonyl (C=O) groups is 1. The summed E-state index contributed by atoms with van der Waals surface area (Å²) in [7, 11) is 0. The number of hydrogen-bond donors (Lipinski definition) is 1. The summed E-state index contributed by atoms with van der Waals surface area (Å²) in [6, 6.07) is 1.96. The Morgan fingerprint density at radius 1 is 1.56 bits per heavy atom. The van der Waals surface area contributed by atoms with Crippen molar-refractivity contribution in [2.75, 3.05) is 19.6 Å². The van der Waals surface area contributed by atoms with Crippen LogP contribution in [-0.2, 0) is 0 Å². The molecular weight excluding hydrogens is 200 g/mol. The summed E-state index contributed by atoms with van der Waals surface area (Å²) < 4.78 is 0. The lowest BCUT2D eigenvalue weighted by molar-refractivity contribution is 0.0943. The zero-order chi connectivity index (χ0) is 11.7. The van der Waals surface area contributed by atoms with Gasteiger partial charge in [-0.05, 0) is 38.8 Å². The SMILES string of the molecule is Cc1cc(C(=O)CN2CCC(C)C2)c(C)[nH]1. The molecule has 2 heterocycles. The molecule has 1 aliphatic rings. The van der Waals surface area contributed by atoms with Crippen molar-refractivity contribution in [1.29, 1.82) is 0 Å². The van der Waals surface area contributed by atoms with Crippen molar-refractivity contribution in [2.24, 2.45) is 5.92 Å². The Kier molecular flexibility index (Phi) is 3.15. The van der Waals surface area contributed by atoms with Gasteiger partial charge in [-0.15, -0.1) is 0 Å². The molecule has 0 bridgehead atoms. The van der Waals surface area contributed by atoms with E-state index < -0.39 is 0 Å². The monoisotopic (exact) mass is 220 g/mol. The van der Waals surface area contributed by atoms with Gasteiger partial charge in [0.2, 0.25) is 0 Å². The second-order valence-electron chi connectivity index (χ2n) is 5.04. The second kappa shape index (κ2) is 4.42. The molecule has 16 heavy (non-hydrogen) atoms. The third kappa shape index (κ3) is 2.35. The number of Topliss-reactive ketones (excluding diaryl/α,β-unsaturated/α-hetero) is 1. The van der Waals surface area contributed by atoms with Gasteiger partial charge in [-0.25, -0.2) is 0 Å².